The molecule has 9 nitrogen and oxygen atoms in total. The number of phenolic OH excluding ortho intramolecular Hbond substituents is 1. The summed E-state index contributed by atoms with van der Waals surface area (Å²) in [6, 6.07) is 10.3. The molecule has 3 rings (SSSR count). The Hall–Kier alpha value is -4.15. The largest absolute Gasteiger partial charge is 0.504 e. The number of carbonyl (C=O) groups is 2. The van der Waals surface area contributed by atoms with Crippen molar-refractivity contribution in [1.82, 2.24) is 10.3 Å². The molecule has 1 aromatic heterocycles. The molecule has 0 radical (unpaired) electrons. The molecule has 0 fully saturated rings. The second-order valence-corrected chi connectivity index (χ2v) is 6.57. The van der Waals surface area contributed by atoms with E-state index in [9.17, 15) is 23.5 Å². The van der Waals surface area contributed by atoms with E-state index in [1.807, 2.05) is 0 Å². The summed E-state index contributed by atoms with van der Waals surface area (Å²) in [4.78, 5) is 27.6. The van der Waals surface area contributed by atoms with Gasteiger partial charge in [-0.3, -0.25) is 9.59 Å². The number of ether oxygens (including phenoxy) is 3. The van der Waals surface area contributed by atoms with Gasteiger partial charge in [0.25, 0.3) is 5.91 Å². The fourth-order valence-electron chi connectivity index (χ4n) is 2.75. The summed E-state index contributed by atoms with van der Waals surface area (Å²) in [6.07, 6.45) is 1.32. The molecule has 0 bridgehead atoms. The van der Waals surface area contributed by atoms with E-state index in [4.69, 9.17) is 13.9 Å². The Kier molecular flexibility index (Phi) is 7.79. The number of aromatic nitrogens is 1. The van der Waals surface area contributed by atoms with E-state index in [0.717, 1.165) is 0 Å². The highest BCUT2D eigenvalue weighted by Crippen LogP contribution is 2.32. The van der Waals surface area contributed by atoms with Gasteiger partial charge < -0.3 is 29.1 Å². The molecule has 0 saturated heterocycles. The molecule has 0 spiro atoms. The molecule has 3 aromatic rings. The first kappa shape index (κ1) is 23.5. The molecule has 0 unspecified atom stereocenters. The third-order valence-electron chi connectivity index (χ3n) is 4.18. The predicted molar refractivity (Wildman–Crippen MR) is 110 cm³/mol. The molecule has 0 saturated carbocycles. The molecular formula is C22H20F2N2O7. The first-order chi connectivity index (χ1) is 15.8. The highest BCUT2D eigenvalue weighted by molar-refractivity contribution is 5.96. The first-order valence-electron chi connectivity index (χ1n) is 9.69. The summed E-state index contributed by atoms with van der Waals surface area (Å²) in [7, 11) is 0. The molecule has 2 aromatic carbocycles. The zero-order chi connectivity index (χ0) is 23.8. The predicted octanol–water partition coefficient (Wildman–Crippen LogP) is 3.52. The first-order valence-corrected chi connectivity index (χ1v) is 9.69. The van der Waals surface area contributed by atoms with Gasteiger partial charge in [-0.25, -0.2) is 4.98 Å². The van der Waals surface area contributed by atoms with Gasteiger partial charge in [-0.15, -0.1) is 0 Å². The minimum Gasteiger partial charge on any atom is -0.504 e. The molecule has 174 valence electrons. The van der Waals surface area contributed by atoms with E-state index in [0.29, 0.717) is 17.0 Å². The zero-order valence-electron chi connectivity index (χ0n) is 17.4. The van der Waals surface area contributed by atoms with Crippen molar-refractivity contribution in [2.24, 2.45) is 0 Å². The van der Waals surface area contributed by atoms with Crippen molar-refractivity contribution in [2.45, 2.75) is 20.1 Å². The van der Waals surface area contributed by atoms with E-state index in [2.05, 4.69) is 15.0 Å². The average Bonchev–Trinajstić information content (AvgIpc) is 3.25. The molecule has 11 heteroatoms. The van der Waals surface area contributed by atoms with Crippen LogP contribution in [-0.2, 0) is 16.1 Å². The summed E-state index contributed by atoms with van der Waals surface area (Å²) >= 11 is 0. The zero-order valence-corrected chi connectivity index (χ0v) is 17.4. The van der Waals surface area contributed by atoms with Crippen LogP contribution in [0, 0.1) is 0 Å². The molecule has 0 aliphatic carbocycles. The van der Waals surface area contributed by atoms with Crippen LogP contribution >= 0.6 is 0 Å². The van der Waals surface area contributed by atoms with E-state index < -0.39 is 24.2 Å². The molecule has 33 heavy (non-hydrogen) atoms. The Bertz CT molecular complexity index is 1120. The highest BCUT2D eigenvalue weighted by atomic mass is 19.3. The van der Waals surface area contributed by atoms with Gasteiger partial charge in [0.2, 0.25) is 5.89 Å². The lowest BCUT2D eigenvalue weighted by Crippen LogP contribution is -2.24. The number of alkyl halides is 2. The van der Waals surface area contributed by atoms with Crippen LogP contribution in [0.15, 0.2) is 53.1 Å². The lowest BCUT2D eigenvalue weighted by Gasteiger charge is -2.11. The number of esters is 1. The standard InChI is InChI=1S/C22H20F2N2O7/c1-13(27)30-8-9-31-18-5-3-2-4-16(18)20(29)25-11-15-12-32-21(26-15)14-6-7-19(17(28)10-14)33-22(23)24/h2-7,10,12,22,28H,8-9,11H2,1H3,(H,25,29). The average molecular weight is 462 g/mol. The summed E-state index contributed by atoms with van der Waals surface area (Å²) in [5.74, 6) is -1.28. The van der Waals surface area contributed by atoms with Gasteiger partial charge in [0.15, 0.2) is 11.5 Å². The van der Waals surface area contributed by atoms with Crippen LogP contribution in [0.4, 0.5) is 8.78 Å². The molecule has 2 N–H and O–H groups in total. The van der Waals surface area contributed by atoms with Crippen LogP contribution in [-0.4, -0.2) is 41.8 Å². The number of aromatic hydroxyl groups is 1. The molecule has 1 heterocycles. The number of benzene rings is 2. The Morgan fingerprint density at radius 1 is 1.15 bits per heavy atom. The summed E-state index contributed by atoms with van der Waals surface area (Å²) in [5.41, 5.74) is 1.00. The fraction of sp³-hybridized carbons (Fsp3) is 0.227. The minimum atomic E-state index is -3.07. The van der Waals surface area contributed by atoms with E-state index in [1.165, 1.54) is 31.4 Å². The van der Waals surface area contributed by atoms with Crippen LogP contribution in [0.25, 0.3) is 11.5 Å². The Balaban J connectivity index is 1.60. The smallest absolute Gasteiger partial charge is 0.387 e. The summed E-state index contributed by atoms with van der Waals surface area (Å²) in [6.45, 7) is -1.61. The second kappa shape index (κ2) is 10.9. The number of hydrogen-bond donors (Lipinski definition) is 2. The van der Waals surface area contributed by atoms with Crippen LogP contribution in [0.5, 0.6) is 17.2 Å². The normalized spacial score (nSPS) is 10.7. The van der Waals surface area contributed by atoms with Crippen molar-refractivity contribution < 1.29 is 42.1 Å². The van der Waals surface area contributed by atoms with E-state index >= 15 is 0 Å². The van der Waals surface area contributed by atoms with Crippen LogP contribution in [0.3, 0.4) is 0 Å². The lowest BCUT2D eigenvalue weighted by atomic mass is 10.2. The van der Waals surface area contributed by atoms with Gasteiger partial charge in [0, 0.05) is 12.5 Å². The molecule has 0 aliphatic rings. The van der Waals surface area contributed by atoms with Crippen molar-refractivity contribution in [3.8, 4) is 28.7 Å². The lowest BCUT2D eigenvalue weighted by molar-refractivity contribution is -0.141. The van der Waals surface area contributed by atoms with Gasteiger partial charge in [-0.1, -0.05) is 12.1 Å². The number of halogens is 2. The van der Waals surface area contributed by atoms with Crippen molar-refractivity contribution >= 4 is 11.9 Å². The number of rotatable bonds is 10. The van der Waals surface area contributed by atoms with Crippen LogP contribution in [0.2, 0.25) is 0 Å². The van der Waals surface area contributed by atoms with Crippen molar-refractivity contribution in [1.29, 1.82) is 0 Å². The quantitative estimate of drug-likeness (QED) is 0.347. The van der Waals surface area contributed by atoms with E-state index in [1.54, 1.807) is 24.3 Å². The van der Waals surface area contributed by atoms with Gasteiger partial charge in [-0.05, 0) is 30.3 Å². The number of para-hydroxylation sites is 1. The number of nitrogens with one attached hydrogen (secondary N) is 1. The number of hydrogen-bond acceptors (Lipinski definition) is 8. The van der Waals surface area contributed by atoms with Crippen molar-refractivity contribution in [3.63, 3.8) is 0 Å². The topological polar surface area (TPSA) is 120 Å². The Morgan fingerprint density at radius 2 is 1.94 bits per heavy atom. The number of carbonyl (C=O) groups excluding carboxylic acids is 2. The van der Waals surface area contributed by atoms with Gasteiger partial charge in [0.05, 0.1) is 17.8 Å². The summed E-state index contributed by atoms with van der Waals surface area (Å²) < 4.78 is 44.5. The summed E-state index contributed by atoms with van der Waals surface area (Å²) in [5, 5.41) is 12.5. The maximum atomic E-state index is 12.6. The van der Waals surface area contributed by atoms with Gasteiger partial charge >= 0.3 is 12.6 Å². The van der Waals surface area contributed by atoms with Crippen LogP contribution < -0.4 is 14.8 Å². The van der Waals surface area contributed by atoms with Gasteiger partial charge in [-0.2, -0.15) is 8.78 Å². The highest BCUT2D eigenvalue weighted by Gasteiger charge is 2.15. The Morgan fingerprint density at radius 3 is 2.67 bits per heavy atom. The molecule has 0 atom stereocenters. The third kappa shape index (κ3) is 6.66. The maximum Gasteiger partial charge on any atom is 0.387 e. The number of phenols is 1. The monoisotopic (exact) mass is 462 g/mol. The number of nitrogens with zero attached hydrogens (tertiary/aromatic N) is 1. The second-order valence-electron chi connectivity index (χ2n) is 6.57. The van der Waals surface area contributed by atoms with Gasteiger partial charge in [0.1, 0.15) is 25.2 Å². The third-order valence-corrected chi connectivity index (χ3v) is 4.18. The molecule has 0 aliphatic heterocycles. The van der Waals surface area contributed by atoms with E-state index in [-0.39, 0.29) is 37.0 Å². The fourth-order valence-corrected chi connectivity index (χ4v) is 2.75. The minimum absolute atomic E-state index is 0.0304. The van der Waals surface area contributed by atoms with Crippen molar-refractivity contribution in [3.05, 3.63) is 60.0 Å². The maximum absolute atomic E-state index is 12.6. The number of oxazole rings is 1. The SMILES string of the molecule is CC(=O)OCCOc1ccccc1C(=O)NCc1coc(-c2ccc(OC(F)F)c(O)c2)n1. The number of amides is 1. The Labute approximate surface area is 186 Å². The van der Waals surface area contributed by atoms with Crippen LogP contribution in [0.1, 0.15) is 23.0 Å². The molecular weight excluding hydrogens is 442 g/mol. The molecule has 1 amide bonds. The van der Waals surface area contributed by atoms with Crippen molar-refractivity contribution in [2.75, 3.05) is 13.2 Å².